The molecule has 2 rings (SSSR count). The first-order valence-corrected chi connectivity index (χ1v) is 4.57. The maximum absolute atomic E-state index is 11.4. The highest BCUT2D eigenvalue weighted by Crippen LogP contribution is 2.07. The standard InChI is InChI=1S/C10H10N2O3/c13-9-6-15-7-10(14)12(9)5-8-1-3-11-4-2-8/h1-4H,5-7H2. The second kappa shape index (κ2) is 4.18. The number of amides is 2. The van der Waals surface area contributed by atoms with Crippen LogP contribution in [0.25, 0.3) is 0 Å². The molecule has 15 heavy (non-hydrogen) atoms. The Balaban J connectivity index is 2.10. The van der Waals surface area contributed by atoms with Crippen molar-refractivity contribution < 1.29 is 14.3 Å². The Morgan fingerprint density at radius 1 is 1.20 bits per heavy atom. The number of aromatic nitrogens is 1. The third-order valence-electron chi connectivity index (χ3n) is 2.14. The number of pyridine rings is 1. The minimum absolute atomic E-state index is 0.0170. The summed E-state index contributed by atoms with van der Waals surface area (Å²) in [5.41, 5.74) is 0.883. The van der Waals surface area contributed by atoms with Gasteiger partial charge in [0.05, 0.1) is 6.54 Å². The smallest absolute Gasteiger partial charge is 0.255 e. The van der Waals surface area contributed by atoms with Crippen LogP contribution < -0.4 is 0 Å². The van der Waals surface area contributed by atoms with Gasteiger partial charge < -0.3 is 4.74 Å². The Kier molecular flexibility index (Phi) is 2.73. The van der Waals surface area contributed by atoms with Crippen LogP contribution in [0.3, 0.4) is 0 Å². The molecule has 0 saturated carbocycles. The molecule has 1 aromatic rings. The minimum atomic E-state index is -0.289. The van der Waals surface area contributed by atoms with E-state index in [-0.39, 0.29) is 25.0 Å². The van der Waals surface area contributed by atoms with E-state index in [2.05, 4.69) is 4.98 Å². The predicted octanol–water partition coefficient (Wildman–Crippen LogP) is -0.0330. The van der Waals surface area contributed by atoms with E-state index < -0.39 is 0 Å². The lowest BCUT2D eigenvalue weighted by molar-refractivity contribution is -0.159. The Labute approximate surface area is 86.7 Å². The minimum Gasteiger partial charge on any atom is -0.362 e. The van der Waals surface area contributed by atoms with E-state index in [0.717, 1.165) is 5.56 Å². The van der Waals surface area contributed by atoms with Gasteiger partial charge in [0.1, 0.15) is 13.2 Å². The fraction of sp³-hybridized carbons (Fsp3) is 0.300. The van der Waals surface area contributed by atoms with Gasteiger partial charge in [-0.3, -0.25) is 19.5 Å². The molecule has 5 heteroatoms. The summed E-state index contributed by atoms with van der Waals surface area (Å²) < 4.78 is 4.81. The van der Waals surface area contributed by atoms with Gasteiger partial charge in [-0.25, -0.2) is 0 Å². The van der Waals surface area contributed by atoms with Crippen LogP contribution in [0.5, 0.6) is 0 Å². The maximum atomic E-state index is 11.4. The Bertz CT molecular complexity index is 362. The third-order valence-corrected chi connectivity index (χ3v) is 2.14. The number of ether oxygens (including phenoxy) is 1. The molecule has 2 heterocycles. The number of carbonyl (C=O) groups excluding carboxylic acids is 2. The Hall–Kier alpha value is -1.75. The van der Waals surface area contributed by atoms with Crippen molar-refractivity contribution in [3.05, 3.63) is 30.1 Å². The summed E-state index contributed by atoms with van der Waals surface area (Å²) in [6, 6.07) is 3.55. The molecule has 0 unspecified atom stereocenters. The zero-order valence-electron chi connectivity index (χ0n) is 8.05. The number of nitrogens with zero attached hydrogens (tertiary/aromatic N) is 2. The summed E-state index contributed by atoms with van der Waals surface area (Å²) in [6.07, 6.45) is 3.26. The van der Waals surface area contributed by atoms with Crippen LogP contribution in [-0.2, 0) is 20.9 Å². The number of imide groups is 1. The normalized spacial score (nSPS) is 16.9. The number of hydrogen-bond donors (Lipinski definition) is 0. The van der Waals surface area contributed by atoms with E-state index >= 15 is 0 Å². The molecule has 1 aromatic heterocycles. The summed E-state index contributed by atoms with van der Waals surface area (Å²) >= 11 is 0. The van der Waals surface area contributed by atoms with Crippen LogP contribution in [0.2, 0.25) is 0 Å². The van der Waals surface area contributed by atoms with Crippen molar-refractivity contribution in [1.29, 1.82) is 0 Å². The van der Waals surface area contributed by atoms with Crippen molar-refractivity contribution in [3.8, 4) is 0 Å². The molecule has 78 valence electrons. The molecule has 0 N–H and O–H groups in total. The molecule has 1 fully saturated rings. The number of rotatable bonds is 2. The van der Waals surface area contributed by atoms with Crippen LogP contribution in [0.4, 0.5) is 0 Å². The molecule has 0 aliphatic carbocycles. The fourth-order valence-electron chi connectivity index (χ4n) is 1.37. The van der Waals surface area contributed by atoms with E-state index in [1.54, 1.807) is 24.5 Å². The van der Waals surface area contributed by atoms with E-state index in [0.29, 0.717) is 6.54 Å². The van der Waals surface area contributed by atoms with Gasteiger partial charge in [0, 0.05) is 12.4 Å². The summed E-state index contributed by atoms with van der Waals surface area (Å²) in [4.78, 5) is 27.8. The first-order valence-electron chi connectivity index (χ1n) is 4.57. The van der Waals surface area contributed by atoms with Crippen molar-refractivity contribution in [2.45, 2.75) is 6.54 Å². The lowest BCUT2D eigenvalue weighted by Gasteiger charge is -2.24. The molecular weight excluding hydrogens is 196 g/mol. The fourth-order valence-corrected chi connectivity index (χ4v) is 1.37. The highest BCUT2D eigenvalue weighted by Gasteiger charge is 2.26. The second-order valence-corrected chi connectivity index (χ2v) is 3.22. The molecular formula is C10H10N2O3. The first-order chi connectivity index (χ1) is 7.27. The van der Waals surface area contributed by atoms with E-state index in [4.69, 9.17) is 4.74 Å². The lowest BCUT2D eigenvalue weighted by atomic mass is 10.2. The van der Waals surface area contributed by atoms with Crippen LogP contribution in [0.1, 0.15) is 5.56 Å². The molecule has 1 aliphatic rings. The summed E-state index contributed by atoms with van der Waals surface area (Å²) in [6.45, 7) is 0.261. The zero-order valence-corrected chi connectivity index (χ0v) is 8.05. The topological polar surface area (TPSA) is 59.5 Å². The first kappa shape index (κ1) is 9.79. The summed E-state index contributed by atoms with van der Waals surface area (Å²) in [5.74, 6) is -0.578. The quantitative estimate of drug-likeness (QED) is 0.637. The zero-order chi connectivity index (χ0) is 10.7. The molecule has 5 nitrogen and oxygen atoms in total. The van der Waals surface area contributed by atoms with Gasteiger partial charge in [0.25, 0.3) is 11.8 Å². The van der Waals surface area contributed by atoms with Gasteiger partial charge in [-0.05, 0) is 17.7 Å². The lowest BCUT2D eigenvalue weighted by Crippen LogP contribution is -2.45. The Morgan fingerprint density at radius 3 is 2.40 bits per heavy atom. The third kappa shape index (κ3) is 2.19. The van der Waals surface area contributed by atoms with E-state index in [1.165, 1.54) is 4.90 Å². The average molecular weight is 206 g/mol. The van der Waals surface area contributed by atoms with E-state index in [9.17, 15) is 9.59 Å². The highest BCUT2D eigenvalue weighted by molar-refractivity contribution is 5.98. The van der Waals surface area contributed by atoms with Crippen molar-refractivity contribution in [2.24, 2.45) is 0 Å². The molecule has 0 bridgehead atoms. The molecule has 2 amide bonds. The maximum Gasteiger partial charge on any atom is 0.255 e. The molecule has 0 atom stereocenters. The number of morpholine rings is 1. The van der Waals surface area contributed by atoms with Gasteiger partial charge in [-0.15, -0.1) is 0 Å². The van der Waals surface area contributed by atoms with E-state index in [1.807, 2.05) is 0 Å². The summed E-state index contributed by atoms with van der Waals surface area (Å²) in [7, 11) is 0. The molecule has 1 aliphatic heterocycles. The van der Waals surface area contributed by atoms with Crippen molar-refractivity contribution in [1.82, 2.24) is 9.88 Å². The van der Waals surface area contributed by atoms with Crippen LogP contribution in [0, 0.1) is 0 Å². The molecule has 0 radical (unpaired) electrons. The summed E-state index contributed by atoms with van der Waals surface area (Å²) in [5, 5.41) is 0. The molecule has 0 spiro atoms. The average Bonchev–Trinajstić information content (AvgIpc) is 2.25. The monoisotopic (exact) mass is 206 g/mol. The van der Waals surface area contributed by atoms with Crippen LogP contribution >= 0.6 is 0 Å². The van der Waals surface area contributed by atoms with Gasteiger partial charge in [0.2, 0.25) is 0 Å². The van der Waals surface area contributed by atoms with Gasteiger partial charge in [-0.1, -0.05) is 0 Å². The molecule has 1 saturated heterocycles. The van der Waals surface area contributed by atoms with Gasteiger partial charge in [0.15, 0.2) is 0 Å². The number of carbonyl (C=O) groups is 2. The second-order valence-electron chi connectivity index (χ2n) is 3.22. The molecule has 0 aromatic carbocycles. The van der Waals surface area contributed by atoms with Gasteiger partial charge in [-0.2, -0.15) is 0 Å². The van der Waals surface area contributed by atoms with Crippen LogP contribution in [0.15, 0.2) is 24.5 Å². The number of hydrogen-bond acceptors (Lipinski definition) is 4. The van der Waals surface area contributed by atoms with Crippen molar-refractivity contribution in [3.63, 3.8) is 0 Å². The van der Waals surface area contributed by atoms with Crippen LogP contribution in [-0.4, -0.2) is 34.9 Å². The van der Waals surface area contributed by atoms with Crippen molar-refractivity contribution >= 4 is 11.8 Å². The highest BCUT2D eigenvalue weighted by atomic mass is 16.5. The van der Waals surface area contributed by atoms with Crippen molar-refractivity contribution in [2.75, 3.05) is 13.2 Å². The largest absolute Gasteiger partial charge is 0.362 e. The van der Waals surface area contributed by atoms with Gasteiger partial charge >= 0.3 is 0 Å². The SMILES string of the molecule is O=C1COCC(=O)N1Cc1ccncc1. The predicted molar refractivity (Wildman–Crippen MR) is 50.6 cm³/mol. The Morgan fingerprint density at radius 2 is 1.80 bits per heavy atom.